The van der Waals surface area contributed by atoms with E-state index in [0.29, 0.717) is 47.9 Å². The fourth-order valence-corrected chi connectivity index (χ4v) is 5.50. The molecular weight excluding hydrogens is 634 g/mol. The normalized spacial score (nSPS) is 11.5. The highest BCUT2D eigenvalue weighted by Gasteiger charge is 2.14. The summed E-state index contributed by atoms with van der Waals surface area (Å²) in [6.45, 7) is 4.91. The van der Waals surface area contributed by atoms with E-state index in [1.54, 1.807) is 12.3 Å². The van der Waals surface area contributed by atoms with Gasteiger partial charge in [-0.1, -0.05) is 71.7 Å². The average molecular weight is 663 g/mol. The summed E-state index contributed by atoms with van der Waals surface area (Å²) < 4.78 is 15.2. The molecule has 204 valence electrons. The molecule has 0 amide bonds. The van der Waals surface area contributed by atoms with E-state index in [0.717, 1.165) is 38.3 Å². The van der Waals surface area contributed by atoms with E-state index in [4.69, 9.17) is 14.5 Å². The van der Waals surface area contributed by atoms with Crippen molar-refractivity contribution < 1.29 is 9.47 Å². The van der Waals surface area contributed by atoms with Gasteiger partial charge in [0.15, 0.2) is 11.5 Å². The van der Waals surface area contributed by atoms with Crippen molar-refractivity contribution in [3.63, 3.8) is 0 Å². The van der Waals surface area contributed by atoms with Gasteiger partial charge in [-0.3, -0.25) is 4.79 Å². The van der Waals surface area contributed by atoms with Gasteiger partial charge in [0.2, 0.25) is 0 Å². The third-order valence-electron chi connectivity index (χ3n) is 6.54. The van der Waals surface area contributed by atoms with Crippen molar-refractivity contribution >= 4 is 59.7 Å². The van der Waals surface area contributed by atoms with E-state index in [1.807, 2.05) is 49.4 Å². The van der Waals surface area contributed by atoms with Gasteiger partial charge in [-0.15, -0.1) is 0 Å². The first-order valence-electron chi connectivity index (χ1n) is 13.3. The number of benzene rings is 4. The molecule has 0 aliphatic carbocycles. The minimum absolute atomic E-state index is 0.201. The maximum Gasteiger partial charge on any atom is 0.282 e. The fraction of sp³-hybridized carbons (Fsp3) is 0.219. The highest BCUT2D eigenvalue weighted by Crippen LogP contribution is 2.37. The number of rotatable bonds is 10. The quantitative estimate of drug-likeness (QED) is 0.141. The van der Waals surface area contributed by atoms with Gasteiger partial charge in [0.1, 0.15) is 12.4 Å². The molecule has 0 bridgehead atoms. The number of aromatic nitrogens is 2. The van der Waals surface area contributed by atoms with Crippen LogP contribution in [0.1, 0.15) is 43.6 Å². The third kappa shape index (κ3) is 6.13. The van der Waals surface area contributed by atoms with Crippen LogP contribution in [0.2, 0.25) is 0 Å². The molecule has 1 aromatic heterocycles. The topological polar surface area (TPSA) is 65.7 Å². The van der Waals surface area contributed by atoms with Gasteiger partial charge in [-0.05, 0) is 81.5 Å². The summed E-state index contributed by atoms with van der Waals surface area (Å²) in [6.07, 6.45) is 4.21. The lowest BCUT2D eigenvalue weighted by Crippen LogP contribution is -2.22. The van der Waals surface area contributed by atoms with E-state index in [9.17, 15) is 4.79 Å². The van der Waals surface area contributed by atoms with Crippen LogP contribution >= 0.6 is 31.9 Å². The Hall–Kier alpha value is -3.49. The molecule has 8 heteroatoms. The lowest BCUT2D eigenvalue weighted by Gasteiger charge is -2.15. The van der Waals surface area contributed by atoms with Crippen LogP contribution in [0, 0.1) is 0 Å². The molecule has 0 N–H and O–H groups in total. The summed E-state index contributed by atoms with van der Waals surface area (Å²) in [5.41, 5.74) is 2.32. The predicted molar refractivity (Wildman–Crippen MR) is 169 cm³/mol. The van der Waals surface area contributed by atoms with E-state index in [2.05, 4.69) is 68.2 Å². The standard InChI is InChI=1S/C32H29Br2N3O3/c1-3-5-13-30-36-28-15-14-24(33)18-26(28)32(38)37(30)35-19-21-16-27(34)31(29(17-21)39-4-2)40-20-23-11-8-10-22-9-6-7-12-25(22)23/h6-12,14-19H,3-5,13,20H2,1-2H3. The number of nitrogens with zero attached hydrogens (tertiary/aromatic N) is 3. The number of hydrogen-bond acceptors (Lipinski definition) is 5. The predicted octanol–water partition coefficient (Wildman–Crippen LogP) is 8.28. The van der Waals surface area contributed by atoms with Crippen molar-refractivity contribution in [1.29, 1.82) is 0 Å². The molecule has 0 aliphatic rings. The first-order chi connectivity index (χ1) is 19.5. The second kappa shape index (κ2) is 12.8. The summed E-state index contributed by atoms with van der Waals surface area (Å²) in [6, 6.07) is 23.8. The molecule has 5 aromatic rings. The van der Waals surface area contributed by atoms with Crippen LogP contribution in [-0.4, -0.2) is 22.5 Å². The second-order valence-electron chi connectivity index (χ2n) is 9.34. The zero-order valence-electron chi connectivity index (χ0n) is 22.4. The highest BCUT2D eigenvalue weighted by atomic mass is 79.9. The molecule has 0 unspecified atom stereocenters. The van der Waals surface area contributed by atoms with E-state index < -0.39 is 0 Å². The number of unbranched alkanes of at least 4 members (excludes halogenated alkanes) is 1. The van der Waals surface area contributed by atoms with Gasteiger partial charge in [-0.2, -0.15) is 9.78 Å². The van der Waals surface area contributed by atoms with Crippen molar-refractivity contribution in [1.82, 2.24) is 9.66 Å². The molecule has 0 saturated carbocycles. The molecule has 0 fully saturated rings. The van der Waals surface area contributed by atoms with Crippen molar-refractivity contribution in [2.75, 3.05) is 6.61 Å². The fourth-order valence-electron chi connectivity index (χ4n) is 4.57. The smallest absolute Gasteiger partial charge is 0.282 e. The number of hydrogen-bond donors (Lipinski definition) is 0. The average Bonchev–Trinajstić information content (AvgIpc) is 2.96. The first kappa shape index (κ1) is 28.1. The molecule has 0 atom stereocenters. The van der Waals surface area contributed by atoms with Crippen molar-refractivity contribution in [2.24, 2.45) is 5.10 Å². The Morgan fingerprint density at radius 2 is 1.77 bits per heavy atom. The van der Waals surface area contributed by atoms with Crippen molar-refractivity contribution in [3.05, 3.63) is 109 Å². The largest absolute Gasteiger partial charge is 0.490 e. The Labute approximate surface area is 249 Å². The SMILES string of the molecule is CCCCc1nc2ccc(Br)cc2c(=O)n1N=Cc1cc(Br)c(OCc2cccc3ccccc23)c(OCC)c1. The minimum atomic E-state index is -0.201. The molecule has 5 rings (SSSR count). The van der Waals surface area contributed by atoms with Crippen molar-refractivity contribution in [3.8, 4) is 11.5 Å². The monoisotopic (exact) mass is 661 g/mol. The van der Waals surface area contributed by atoms with Crippen LogP contribution in [0.4, 0.5) is 0 Å². The maximum atomic E-state index is 13.4. The molecule has 40 heavy (non-hydrogen) atoms. The second-order valence-corrected chi connectivity index (χ2v) is 11.1. The van der Waals surface area contributed by atoms with Crippen LogP contribution in [0.25, 0.3) is 21.7 Å². The van der Waals surface area contributed by atoms with Gasteiger partial charge in [0, 0.05) is 10.9 Å². The Bertz CT molecular complexity index is 1760. The summed E-state index contributed by atoms with van der Waals surface area (Å²) >= 11 is 7.13. The summed E-state index contributed by atoms with van der Waals surface area (Å²) in [4.78, 5) is 18.2. The number of fused-ring (bicyclic) bond motifs is 2. The first-order valence-corrected chi connectivity index (χ1v) is 14.9. The lowest BCUT2D eigenvalue weighted by molar-refractivity contribution is 0.268. The molecular formula is C32H29Br2N3O3. The van der Waals surface area contributed by atoms with E-state index in [-0.39, 0.29) is 5.56 Å². The Morgan fingerprint density at radius 3 is 2.60 bits per heavy atom. The molecule has 1 heterocycles. The highest BCUT2D eigenvalue weighted by molar-refractivity contribution is 9.10. The molecule has 0 saturated heterocycles. The van der Waals surface area contributed by atoms with E-state index >= 15 is 0 Å². The minimum Gasteiger partial charge on any atom is -0.490 e. The number of halogens is 2. The van der Waals surface area contributed by atoms with Gasteiger partial charge < -0.3 is 9.47 Å². The molecule has 6 nitrogen and oxygen atoms in total. The Kier molecular flexibility index (Phi) is 8.97. The van der Waals surface area contributed by atoms with Gasteiger partial charge >= 0.3 is 0 Å². The van der Waals surface area contributed by atoms with Crippen LogP contribution in [-0.2, 0) is 13.0 Å². The van der Waals surface area contributed by atoms with Crippen LogP contribution in [0.15, 0.2) is 91.6 Å². The molecule has 0 aliphatic heterocycles. The molecule has 0 radical (unpaired) electrons. The number of aryl methyl sites for hydroxylation is 1. The summed E-state index contributed by atoms with van der Waals surface area (Å²) in [5.74, 6) is 1.85. The zero-order chi connectivity index (χ0) is 28.1. The maximum absolute atomic E-state index is 13.4. The van der Waals surface area contributed by atoms with Gasteiger partial charge in [0.05, 0.1) is 28.2 Å². The van der Waals surface area contributed by atoms with Gasteiger partial charge in [0.25, 0.3) is 5.56 Å². The summed E-state index contributed by atoms with van der Waals surface area (Å²) in [7, 11) is 0. The number of ether oxygens (including phenoxy) is 2. The van der Waals surface area contributed by atoms with Crippen LogP contribution in [0.5, 0.6) is 11.5 Å². The zero-order valence-corrected chi connectivity index (χ0v) is 25.5. The lowest BCUT2D eigenvalue weighted by atomic mass is 10.1. The van der Waals surface area contributed by atoms with E-state index in [1.165, 1.54) is 10.1 Å². The molecule has 4 aromatic carbocycles. The molecule has 0 spiro atoms. The third-order valence-corrected chi connectivity index (χ3v) is 7.62. The van der Waals surface area contributed by atoms with Crippen LogP contribution in [0.3, 0.4) is 0 Å². The Balaban J connectivity index is 1.48. The van der Waals surface area contributed by atoms with Crippen molar-refractivity contribution in [2.45, 2.75) is 39.7 Å². The Morgan fingerprint density at radius 1 is 0.950 bits per heavy atom. The van der Waals surface area contributed by atoms with Crippen LogP contribution < -0.4 is 15.0 Å². The summed E-state index contributed by atoms with van der Waals surface area (Å²) in [5, 5.41) is 7.43. The van der Waals surface area contributed by atoms with Gasteiger partial charge in [-0.25, -0.2) is 4.98 Å².